The van der Waals surface area contributed by atoms with Gasteiger partial charge < -0.3 is 14.5 Å². The number of amides is 1. The van der Waals surface area contributed by atoms with E-state index in [0.717, 1.165) is 0 Å². The fourth-order valence-electron chi connectivity index (χ4n) is 1.71. The number of alkyl halides is 3. The molecule has 22 heavy (non-hydrogen) atoms. The van der Waals surface area contributed by atoms with E-state index in [1.165, 1.54) is 24.6 Å². The number of pyridine rings is 1. The molecule has 0 unspecified atom stereocenters. The summed E-state index contributed by atoms with van der Waals surface area (Å²) >= 11 is 0. The SMILES string of the molecule is C[C@H](NC(=O)c1cccnc1OCC(F)(F)F)c1ccco1. The lowest BCUT2D eigenvalue weighted by Crippen LogP contribution is -2.28. The molecule has 2 rings (SSSR count). The number of furan rings is 1. The zero-order chi connectivity index (χ0) is 16.2. The summed E-state index contributed by atoms with van der Waals surface area (Å²) in [6.07, 6.45) is -1.80. The van der Waals surface area contributed by atoms with Gasteiger partial charge in [0.15, 0.2) is 6.61 Å². The van der Waals surface area contributed by atoms with Crippen LogP contribution in [-0.2, 0) is 0 Å². The van der Waals surface area contributed by atoms with Gasteiger partial charge in [-0.1, -0.05) is 0 Å². The van der Waals surface area contributed by atoms with Gasteiger partial charge in [0.2, 0.25) is 5.88 Å². The Labute approximate surface area is 124 Å². The minimum atomic E-state index is -4.51. The van der Waals surface area contributed by atoms with Crippen molar-refractivity contribution in [1.29, 1.82) is 0 Å². The highest BCUT2D eigenvalue weighted by molar-refractivity contribution is 5.96. The molecule has 0 spiro atoms. The van der Waals surface area contributed by atoms with Crippen LogP contribution in [0.2, 0.25) is 0 Å². The molecule has 2 aromatic rings. The molecule has 0 aliphatic heterocycles. The van der Waals surface area contributed by atoms with E-state index in [0.29, 0.717) is 5.76 Å². The Morgan fingerprint density at radius 1 is 1.41 bits per heavy atom. The molecule has 0 saturated carbocycles. The minimum absolute atomic E-state index is 0.0786. The lowest BCUT2D eigenvalue weighted by Gasteiger charge is -2.14. The predicted octanol–water partition coefficient (Wildman–Crippen LogP) is 3.11. The van der Waals surface area contributed by atoms with Crippen molar-refractivity contribution in [3.8, 4) is 5.88 Å². The lowest BCUT2D eigenvalue weighted by molar-refractivity contribution is -0.154. The van der Waals surface area contributed by atoms with E-state index in [2.05, 4.69) is 15.0 Å². The van der Waals surface area contributed by atoms with Gasteiger partial charge in [-0.15, -0.1) is 0 Å². The van der Waals surface area contributed by atoms with Crippen LogP contribution in [0.1, 0.15) is 29.1 Å². The van der Waals surface area contributed by atoms with E-state index in [1.54, 1.807) is 19.1 Å². The van der Waals surface area contributed by atoms with Crippen LogP contribution in [0, 0.1) is 0 Å². The zero-order valence-electron chi connectivity index (χ0n) is 11.6. The fraction of sp³-hybridized carbons (Fsp3) is 0.286. The van der Waals surface area contributed by atoms with Crippen molar-refractivity contribution < 1.29 is 27.1 Å². The summed E-state index contributed by atoms with van der Waals surface area (Å²) in [5, 5.41) is 2.60. The van der Waals surface area contributed by atoms with Gasteiger partial charge in [-0.3, -0.25) is 4.79 Å². The monoisotopic (exact) mass is 314 g/mol. The molecule has 0 aromatic carbocycles. The maximum Gasteiger partial charge on any atom is 0.422 e. The Balaban J connectivity index is 2.09. The van der Waals surface area contributed by atoms with Gasteiger partial charge in [-0.2, -0.15) is 13.2 Å². The molecule has 0 aliphatic rings. The van der Waals surface area contributed by atoms with Gasteiger partial charge in [-0.05, 0) is 31.2 Å². The summed E-state index contributed by atoms with van der Waals surface area (Å²) in [7, 11) is 0. The smallest absolute Gasteiger partial charge is 0.422 e. The average molecular weight is 314 g/mol. The summed E-state index contributed by atoms with van der Waals surface area (Å²) in [5.74, 6) is -0.451. The Kier molecular flexibility index (Phi) is 4.69. The van der Waals surface area contributed by atoms with Crippen molar-refractivity contribution in [2.45, 2.75) is 19.1 Å². The maximum absolute atomic E-state index is 12.2. The third kappa shape index (κ3) is 4.24. The second kappa shape index (κ2) is 6.50. The van der Waals surface area contributed by atoms with Crippen molar-refractivity contribution in [2.75, 3.05) is 6.61 Å². The molecule has 0 saturated heterocycles. The van der Waals surface area contributed by atoms with Gasteiger partial charge in [0, 0.05) is 6.20 Å². The molecule has 2 aromatic heterocycles. The molecule has 5 nitrogen and oxygen atoms in total. The molecular weight excluding hydrogens is 301 g/mol. The quantitative estimate of drug-likeness (QED) is 0.921. The molecule has 118 valence electrons. The molecule has 1 amide bonds. The van der Waals surface area contributed by atoms with Crippen molar-refractivity contribution >= 4 is 5.91 Å². The van der Waals surface area contributed by atoms with E-state index >= 15 is 0 Å². The summed E-state index contributed by atoms with van der Waals surface area (Å²) in [6, 6.07) is 5.67. The van der Waals surface area contributed by atoms with Crippen LogP contribution in [0.25, 0.3) is 0 Å². The number of aromatic nitrogens is 1. The first kappa shape index (κ1) is 15.9. The van der Waals surface area contributed by atoms with Gasteiger partial charge >= 0.3 is 6.18 Å². The zero-order valence-corrected chi connectivity index (χ0v) is 11.6. The van der Waals surface area contributed by atoms with Crippen LogP contribution in [-0.4, -0.2) is 23.7 Å². The van der Waals surface area contributed by atoms with Crippen molar-refractivity contribution in [3.05, 3.63) is 48.0 Å². The van der Waals surface area contributed by atoms with E-state index in [-0.39, 0.29) is 11.4 Å². The Bertz CT molecular complexity index is 627. The molecule has 1 atom stereocenters. The highest BCUT2D eigenvalue weighted by atomic mass is 19.4. The lowest BCUT2D eigenvalue weighted by atomic mass is 10.2. The van der Waals surface area contributed by atoms with Crippen LogP contribution in [0.3, 0.4) is 0 Å². The molecule has 0 fully saturated rings. The van der Waals surface area contributed by atoms with Crippen LogP contribution >= 0.6 is 0 Å². The van der Waals surface area contributed by atoms with Gasteiger partial charge in [0.1, 0.15) is 11.3 Å². The summed E-state index contributed by atoms with van der Waals surface area (Å²) in [5.41, 5.74) is -0.0786. The molecule has 8 heteroatoms. The third-order valence-corrected chi connectivity index (χ3v) is 2.71. The molecule has 1 N–H and O–H groups in total. The molecule has 0 radical (unpaired) electrons. The number of carbonyl (C=O) groups excluding carboxylic acids is 1. The van der Waals surface area contributed by atoms with Crippen LogP contribution in [0.4, 0.5) is 13.2 Å². The van der Waals surface area contributed by atoms with Crippen molar-refractivity contribution in [3.63, 3.8) is 0 Å². The van der Waals surface area contributed by atoms with E-state index in [9.17, 15) is 18.0 Å². The number of nitrogens with one attached hydrogen (secondary N) is 1. The highest BCUT2D eigenvalue weighted by Gasteiger charge is 2.29. The Morgan fingerprint density at radius 2 is 2.18 bits per heavy atom. The minimum Gasteiger partial charge on any atom is -0.467 e. The van der Waals surface area contributed by atoms with E-state index in [1.807, 2.05) is 0 Å². The average Bonchev–Trinajstić information content (AvgIpc) is 2.99. The number of halogens is 3. The summed E-state index contributed by atoms with van der Waals surface area (Å²) < 4.78 is 46.3. The van der Waals surface area contributed by atoms with Gasteiger partial charge in [0.25, 0.3) is 5.91 Å². The predicted molar refractivity (Wildman–Crippen MR) is 70.4 cm³/mol. The fourth-order valence-corrected chi connectivity index (χ4v) is 1.71. The molecule has 0 bridgehead atoms. The standard InChI is InChI=1S/C14H13F3N2O3/c1-9(11-5-3-7-21-11)19-12(20)10-4-2-6-18-13(10)22-8-14(15,16)17/h2-7,9H,8H2,1H3,(H,19,20)/t9-/m0/s1. The summed E-state index contributed by atoms with van der Waals surface area (Å²) in [6.45, 7) is 0.168. The van der Waals surface area contributed by atoms with Crippen LogP contribution in [0.5, 0.6) is 5.88 Å². The van der Waals surface area contributed by atoms with E-state index in [4.69, 9.17) is 4.42 Å². The number of hydrogen-bond donors (Lipinski definition) is 1. The van der Waals surface area contributed by atoms with Crippen molar-refractivity contribution in [1.82, 2.24) is 10.3 Å². The summed E-state index contributed by atoms with van der Waals surface area (Å²) in [4.78, 5) is 15.8. The second-order valence-electron chi connectivity index (χ2n) is 4.47. The third-order valence-electron chi connectivity index (χ3n) is 2.71. The molecule has 2 heterocycles. The largest absolute Gasteiger partial charge is 0.467 e. The number of carbonyl (C=O) groups is 1. The maximum atomic E-state index is 12.2. The normalized spacial score (nSPS) is 12.7. The van der Waals surface area contributed by atoms with Crippen LogP contribution < -0.4 is 10.1 Å². The molecule has 0 aliphatic carbocycles. The van der Waals surface area contributed by atoms with Crippen molar-refractivity contribution in [2.24, 2.45) is 0 Å². The second-order valence-corrected chi connectivity index (χ2v) is 4.47. The Morgan fingerprint density at radius 3 is 2.82 bits per heavy atom. The number of nitrogens with zero attached hydrogens (tertiary/aromatic N) is 1. The first-order valence-electron chi connectivity index (χ1n) is 6.35. The number of rotatable bonds is 5. The van der Waals surface area contributed by atoms with Gasteiger partial charge in [0.05, 0.1) is 12.3 Å². The topological polar surface area (TPSA) is 64.4 Å². The first-order chi connectivity index (χ1) is 10.4. The number of hydrogen-bond acceptors (Lipinski definition) is 4. The Hall–Kier alpha value is -2.51. The van der Waals surface area contributed by atoms with Gasteiger partial charge in [-0.25, -0.2) is 4.98 Å². The first-order valence-corrected chi connectivity index (χ1v) is 6.35. The highest BCUT2D eigenvalue weighted by Crippen LogP contribution is 2.21. The van der Waals surface area contributed by atoms with Crippen LogP contribution in [0.15, 0.2) is 41.1 Å². The molecular formula is C14H13F3N2O3. The number of ether oxygens (including phenoxy) is 1. The van der Waals surface area contributed by atoms with E-state index < -0.39 is 24.7 Å².